The molecule has 4 aromatic rings. The van der Waals surface area contributed by atoms with Gasteiger partial charge in [0.1, 0.15) is 23.3 Å². The summed E-state index contributed by atoms with van der Waals surface area (Å²) < 4.78 is 55.5. The van der Waals surface area contributed by atoms with Gasteiger partial charge in [-0.2, -0.15) is 0 Å². The lowest BCUT2D eigenvalue weighted by atomic mass is 10.1. The lowest BCUT2D eigenvalue weighted by Crippen LogP contribution is -2.40. The minimum atomic E-state index is -1.57. The van der Waals surface area contributed by atoms with E-state index in [4.69, 9.17) is 9.47 Å². The van der Waals surface area contributed by atoms with Gasteiger partial charge < -0.3 is 19.7 Å². The van der Waals surface area contributed by atoms with E-state index >= 15 is 0 Å². The summed E-state index contributed by atoms with van der Waals surface area (Å²) in [6.07, 6.45) is 3.72. The SMILES string of the molecule is C[C@@H](O)C(CO)OC(Sc1cncc(Br)c1)[C@H](Cn1cc(-c2cc(F)c(F)c(F)c2)nn1)OCc1cncs1. The van der Waals surface area contributed by atoms with Crippen LogP contribution in [0.4, 0.5) is 13.2 Å². The van der Waals surface area contributed by atoms with Crippen molar-refractivity contribution in [2.45, 2.75) is 48.7 Å². The lowest BCUT2D eigenvalue weighted by molar-refractivity contribution is -0.115. The number of aliphatic hydroxyl groups excluding tert-OH is 2. The Kier molecular flexibility index (Phi) is 10.5. The Morgan fingerprint density at radius 2 is 1.87 bits per heavy atom. The van der Waals surface area contributed by atoms with E-state index in [2.05, 4.69) is 36.2 Å². The zero-order valence-corrected chi connectivity index (χ0v) is 23.5. The van der Waals surface area contributed by atoms with Gasteiger partial charge in [-0.3, -0.25) is 9.97 Å². The second kappa shape index (κ2) is 13.8. The summed E-state index contributed by atoms with van der Waals surface area (Å²) in [7, 11) is 0. The Morgan fingerprint density at radius 1 is 1.10 bits per heavy atom. The van der Waals surface area contributed by atoms with E-state index in [-0.39, 0.29) is 24.4 Å². The molecule has 0 saturated heterocycles. The van der Waals surface area contributed by atoms with Gasteiger partial charge in [0.15, 0.2) is 17.5 Å². The number of halogens is 4. The molecule has 9 nitrogen and oxygen atoms in total. The first kappa shape index (κ1) is 29.6. The molecule has 4 rings (SSSR count). The number of rotatable bonds is 13. The maximum Gasteiger partial charge on any atom is 0.194 e. The van der Waals surface area contributed by atoms with Crippen LogP contribution in [0.2, 0.25) is 0 Å². The third-order valence-electron chi connectivity index (χ3n) is 5.37. The number of aromatic nitrogens is 5. The smallest absolute Gasteiger partial charge is 0.194 e. The first-order chi connectivity index (χ1) is 18.7. The molecule has 0 radical (unpaired) electrons. The molecular weight excluding hydrogens is 623 g/mol. The zero-order chi connectivity index (χ0) is 27.9. The molecule has 208 valence electrons. The van der Waals surface area contributed by atoms with Crippen LogP contribution in [-0.4, -0.2) is 65.5 Å². The molecule has 2 unspecified atom stereocenters. The predicted octanol–water partition coefficient (Wildman–Crippen LogP) is 4.44. The van der Waals surface area contributed by atoms with Crippen LogP contribution in [0.25, 0.3) is 11.3 Å². The Hall–Kier alpha value is -2.40. The number of thioether (sulfide) groups is 1. The molecule has 39 heavy (non-hydrogen) atoms. The van der Waals surface area contributed by atoms with Crippen molar-refractivity contribution in [1.29, 1.82) is 0 Å². The summed E-state index contributed by atoms with van der Waals surface area (Å²) in [5.41, 5.74) is 1.02. The number of thiazole rings is 1. The standard InChI is InChI=1S/C24H23BrF3N5O4S2/c1-13(35)22(10-34)37-24(39-16-4-15(25)5-29-6-16)21(36-11-17-7-30-12-38-17)9-33-8-20(31-32-33)14-2-18(26)23(28)19(27)3-14/h2-8,12-13,21-22,24,34-35H,9-11H2,1H3/t13-,21+,22?,24?/m1/s1. The Bertz CT molecular complexity index is 1340. The van der Waals surface area contributed by atoms with E-state index in [1.807, 2.05) is 6.07 Å². The molecule has 3 heterocycles. The maximum atomic E-state index is 13.8. The highest BCUT2D eigenvalue weighted by Gasteiger charge is 2.31. The molecule has 0 bridgehead atoms. The van der Waals surface area contributed by atoms with Crippen LogP contribution < -0.4 is 0 Å². The number of ether oxygens (including phenoxy) is 2. The van der Waals surface area contributed by atoms with Gasteiger partial charge in [-0.05, 0) is 41.1 Å². The molecule has 15 heteroatoms. The van der Waals surface area contributed by atoms with Crippen molar-refractivity contribution in [2.75, 3.05) is 6.61 Å². The molecule has 0 spiro atoms. The van der Waals surface area contributed by atoms with Gasteiger partial charge in [-0.1, -0.05) is 17.0 Å². The summed E-state index contributed by atoms with van der Waals surface area (Å²) in [4.78, 5) is 9.80. The van der Waals surface area contributed by atoms with Gasteiger partial charge >= 0.3 is 0 Å². The molecule has 3 aromatic heterocycles. The van der Waals surface area contributed by atoms with E-state index in [9.17, 15) is 23.4 Å². The quantitative estimate of drug-likeness (QED) is 0.124. The molecule has 1 aromatic carbocycles. The van der Waals surface area contributed by atoms with Crippen molar-refractivity contribution in [2.24, 2.45) is 0 Å². The summed E-state index contributed by atoms with van der Waals surface area (Å²) in [6.45, 7) is 1.30. The van der Waals surface area contributed by atoms with Gasteiger partial charge in [0.2, 0.25) is 0 Å². The van der Waals surface area contributed by atoms with Gasteiger partial charge in [0.25, 0.3) is 0 Å². The highest BCUT2D eigenvalue weighted by molar-refractivity contribution is 9.10. The third-order valence-corrected chi connectivity index (χ3v) is 7.70. The molecule has 0 aliphatic rings. The van der Waals surface area contributed by atoms with Crippen LogP contribution in [0.1, 0.15) is 11.8 Å². The average Bonchev–Trinajstić information content (AvgIpc) is 3.59. The summed E-state index contributed by atoms with van der Waals surface area (Å²) in [5, 5.41) is 28.0. The highest BCUT2D eigenvalue weighted by atomic mass is 79.9. The van der Waals surface area contributed by atoms with E-state index < -0.39 is 47.8 Å². The van der Waals surface area contributed by atoms with Gasteiger partial charge in [-0.15, -0.1) is 16.4 Å². The number of benzene rings is 1. The monoisotopic (exact) mass is 645 g/mol. The number of nitrogens with zero attached hydrogens (tertiary/aromatic N) is 5. The summed E-state index contributed by atoms with van der Waals surface area (Å²) in [6, 6.07) is 3.50. The molecule has 0 aliphatic heterocycles. The summed E-state index contributed by atoms with van der Waals surface area (Å²) >= 11 is 6.06. The fourth-order valence-corrected chi connectivity index (χ4v) is 5.52. The Morgan fingerprint density at radius 3 is 2.51 bits per heavy atom. The molecule has 0 fully saturated rings. The summed E-state index contributed by atoms with van der Waals surface area (Å²) in [5.74, 6) is -4.25. The van der Waals surface area contributed by atoms with Crippen LogP contribution in [0.5, 0.6) is 0 Å². The fraction of sp³-hybridized carbons (Fsp3) is 0.333. The van der Waals surface area contributed by atoms with Crippen molar-refractivity contribution in [1.82, 2.24) is 25.0 Å². The van der Waals surface area contributed by atoms with E-state index in [0.29, 0.717) is 0 Å². The van der Waals surface area contributed by atoms with Crippen molar-refractivity contribution in [3.8, 4) is 11.3 Å². The number of hydrogen-bond donors (Lipinski definition) is 2. The zero-order valence-electron chi connectivity index (χ0n) is 20.3. The minimum Gasteiger partial charge on any atom is -0.394 e. The second-order valence-corrected chi connectivity index (χ2v) is 11.4. The van der Waals surface area contributed by atoms with E-state index in [0.717, 1.165) is 26.4 Å². The minimum absolute atomic E-state index is 0.0108. The number of aliphatic hydroxyl groups is 2. The van der Waals surface area contributed by atoms with Crippen LogP contribution in [0.15, 0.2) is 57.9 Å². The molecule has 0 aliphatic carbocycles. The first-order valence-corrected chi connectivity index (χ1v) is 14.0. The topological polar surface area (TPSA) is 115 Å². The van der Waals surface area contributed by atoms with Gasteiger partial charge in [0.05, 0.1) is 42.4 Å². The molecule has 0 amide bonds. The van der Waals surface area contributed by atoms with Crippen molar-refractivity contribution < 1.29 is 32.9 Å². The van der Waals surface area contributed by atoms with Crippen LogP contribution in [0.3, 0.4) is 0 Å². The molecule has 2 N–H and O–H groups in total. The maximum absolute atomic E-state index is 13.8. The number of pyridine rings is 1. The van der Waals surface area contributed by atoms with Gasteiger partial charge in [0, 0.05) is 33.5 Å². The van der Waals surface area contributed by atoms with Crippen molar-refractivity contribution in [3.63, 3.8) is 0 Å². The van der Waals surface area contributed by atoms with Gasteiger partial charge in [-0.25, -0.2) is 17.9 Å². The molecular formula is C24H23BrF3N5O4S2. The highest BCUT2D eigenvalue weighted by Crippen LogP contribution is 2.32. The second-order valence-electron chi connectivity index (χ2n) is 8.32. The van der Waals surface area contributed by atoms with Crippen LogP contribution in [0, 0.1) is 17.5 Å². The first-order valence-electron chi connectivity index (χ1n) is 11.5. The largest absolute Gasteiger partial charge is 0.394 e. The Balaban J connectivity index is 1.63. The van der Waals surface area contributed by atoms with Crippen molar-refractivity contribution >= 4 is 39.0 Å². The average molecular weight is 647 g/mol. The number of hydrogen-bond acceptors (Lipinski definition) is 10. The van der Waals surface area contributed by atoms with E-state index in [1.54, 1.807) is 24.1 Å². The normalized spacial score (nSPS) is 14.7. The molecule has 0 saturated carbocycles. The molecule has 4 atom stereocenters. The van der Waals surface area contributed by atoms with Crippen molar-refractivity contribution in [3.05, 3.63) is 75.3 Å². The fourth-order valence-electron chi connectivity index (χ4n) is 3.39. The van der Waals surface area contributed by atoms with E-state index in [1.165, 1.54) is 40.9 Å². The van der Waals surface area contributed by atoms with Crippen LogP contribution >= 0.6 is 39.0 Å². The predicted molar refractivity (Wildman–Crippen MR) is 141 cm³/mol. The third kappa shape index (κ3) is 8.06. The lowest BCUT2D eigenvalue weighted by Gasteiger charge is -2.31. The Labute approximate surface area is 238 Å². The van der Waals surface area contributed by atoms with Crippen LogP contribution in [-0.2, 0) is 22.6 Å².